The summed E-state index contributed by atoms with van der Waals surface area (Å²) in [6.45, 7) is 8.93. The highest BCUT2D eigenvalue weighted by atomic mass is 16.5. The predicted octanol–water partition coefficient (Wildman–Crippen LogP) is 3.12. The summed E-state index contributed by atoms with van der Waals surface area (Å²) >= 11 is 0. The second-order valence-corrected chi connectivity index (χ2v) is 7.36. The van der Waals surface area contributed by atoms with Gasteiger partial charge in [0.05, 0.1) is 13.2 Å². The Labute approximate surface area is 151 Å². The quantitative estimate of drug-likeness (QED) is 0.796. The van der Waals surface area contributed by atoms with Crippen LogP contribution in [-0.2, 0) is 4.74 Å². The van der Waals surface area contributed by atoms with E-state index in [1.807, 2.05) is 17.0 Å². The van der Waals surface area contributed by atoms with Gasteiger partial charge in [-0.05, 0) is 42.7 Å². The first-order valence-electron chi connectivity index (χ1n) is 9.32. The summed E-state index contributed by atoms with van der Waals surface area (Å²) in [4.78, 5) is 14.4. The molecule has 5 heteroatoms. The van der Waals surface area contributed by atoms with Gasteiger partial charge in [0.1, 0.15) is 6.10 Å². The van der Waals surface area contributed by atoms with Crippen molar-refractivity contribution < 1.29 is 14.6 Å². The standard InChI is InChI=1S/C20H32N2O3/c1-15(2)12-17(8-10-23)13-21-20(24)22-9-11-25-19(14-22)18-7-5-4-6-16(18)3/h4-7,15,17,19,23H,8-14H2,1-3H3,(H,21,24). The van der Waals surface area contributed by atoms with Crippen molar-refractivity contribution >= 4 is 6.03 Å². The second-order valence-electron chi connectivity index (χ2n) is 7.36. The Kier molecular flexibility index (Phi) is 7.72. The molecule has 0 saturated carbocycles. The lowest BCUT2D eigenvalue weighted by Crippen LogP contribution is -2.48. The van der Waals surface area contributed by atoms with Gasteiger partial charge in [0, 0.05) is 19.7 Å². The fourth-order valence-corrected chi connectivity index (χ4v) is 3.47. The van der Waals surface area contributed by atoms with Gasteiger partial charge in [-0.1, -0.05) is 38.1 Å². The normalized spacial score (nSPS) is 19.1. The summed E-state index contributed by atoms with van der Waals surface area (Å²) in [6.07, 6.45) is 1.67. The van der Waals surface area contributed by atoms with Crippen molar-refractivity contribution in [3.8, 4) is 0 Å². The Balaban J connectivity index is 1.89. The van der Waals surface area contributed by atoms with E-state index in [1.165, 1.54) is 5.56 Å². The largest absolute Gasteiger partial charge is 0.396 e. The van der Waals surface area contributed by atoms with Gasteiger partial charge >= 0.3 is 6.03 Å². The maximum atomic E-state index is 12.6. The Morgan fingerprint density at radius 1 is 1.40 bits per heavy atom. The molecule has 1 heterocycles. The van der Waals surface area contributed by atoms with Crippen LogP contribution in [0.5, 0.6) is 0 Å². The molecular formula is C20H32N2O3. The van der Waals surface area contributed by atoms with Gasteiger partial charge in [0.2, 0.25) is 0 Å². The molecule has 5 nitrogen and oxygen atoms in total. The number of aryl methyl sites for hydroxylation is 1. The zero-order valence-corrected chi connectivity index (χ0v) is 15.7. The lowest BCUT2D eigenvalue weighted by Gasteiger charge is -2.34. The molecule has 1 aromatic rings. The average Bonchev–Trinajstić information content (AvgIpc) is 2.59. The molecule has 1 saturated heterocycles. The van der Waals surface area contributed by atoms with Crippen LogP contribution < -0.4 is 5.32 Å². The zero-order chi connectivity index (χ0) is 18.2. The minimum absolute atomic E-state index is 0.0337. The topological polar surface area (TPSA) is 61.8 Å². The molecule has 2 unspecified atom stereocenters. The molecule has 2 amide bonds. The summed E-state index contributed by atoms with van der Waals surface area (Å²) in [5.74, 6) is 0.879. The van der Waals surface area contributed by atoms with Gasteiger partial charge < -0.3 is 20.1 Å². The summed E-state index contributed by atoms with van der Waals surface area (Å²) in [6, 6.07) is 8.14. The van der Waals surface area contributed by atoms with E-state index in [1.54, 1.807) is 0 Å². The average molecular weight is 348 g/mol. The Bertz CT molecular complexity index is 547. The van der Waals surface area contributed by atoms with Gasteiger partial charge in [-0.15, -0.1) is 0 Å². The number of urea groups is 1. The lowest BCUT2D eigenvalue weighted by atomic mass is 9.94. The molecule has 1 aromatic carbocycles. The highest BCUT2D eigenvalue weighted by molar-refractivity contribution is 5.74. The summed E-state index contributed by atoms with van der Waals surface area (Å²) < 4.78 is 5.89. The first kappa shape index (κ1) is 19.7. The van der Waals surface area contributed by atoms with Crippen LogP contribution in [0.4, 0.5) is 4.79 Å². The number of aliphatic hydroxyl groups excluding tert-OH is 1. The molecule has 0 spiro atoms. The monoisotopic (exact) mass is 348 g/mol. The number of benzene rings is 1. The molecule has 140 valence electrons. The van der Waals surface area contributed by atoms with Crippen LogP contribution in [-0.4, -0.2) is 48.9 Å². The molecule has 0 aliphatic carbocycles. The van der Waals surface area contributed by atoms with Gasteiger partial charge in [-0.3, -0.25) is 0 Å². The van der Waals surface area contributed by atoms with E-state index in [2.05, 4.69) is 38.2 Å². The van der Waals surface area contributed by atoms with Crippen LogP contribution in [0.25, 0.3) is 0 Å². The maximum Gasteiger partial charge on any atom is 0.317 e. The SMILES string of the molecule is Cc1ccccc1C1CN(C(=O)NCC(CCO)CC(C)C)CCO1. The highest BCUT2D eigenvalue weighted by Gasteiger charge is 2.26. The number of hydrogen-bond donors (Lipinski definition) is 2. The Morgan fingerprint density at radius 3 is 2.84 bits per heavy atom. The van der Waals surface area contributed by atoms with Crippen molar-refractivity contribution in [1.29, 1.82) is 0 Å². The van der Waals surface area contributed by atoms with E-state index in [0.29, 0.717) is 38.1 Å². The van der Waals surface area contributed by atoms with E-state index < -0.39 is 0 Å². The number of carbonyl (C=O) groups excluding carboxylic acids is 1. The molecule has 1 fully saturated rings. The predicted molar refractivity (Wildman–Crippen MR) is 99.5 cm³/mol. The fraction of sp³-hybridized carbons (Fsp3) is 0.650. The third kappa shape index (κ3) is 6.01. The molecule has 1 aliphatic rings. The van der Waals surface area contributed by atoms with Crippen molar-refractivity contribution in [3.63, 3.8) is 0 Å². The van der Waals surface area contributed by atoms with Crippen LogP contribution in [0.2, 0.25) is 0 Å². The number of morpholine rings is 1. The number of carbonyl (C=O) groups is 1. The lowest BCUT2D eigenvalue weighted by molar-refractivity contribution is -0.0158. The van der Waals surface area contributed by atoms with E-state index >= 15 is 0 Å². The number of ether oxygens (including phenoxy) is 1. The van der Waals surface area contributed by atoms with Crippen LogP contribution in [0, 0.1) is 18.8 Å². The molecule has 0 bridgehead atoms. The third-order valence-electron chi connectivity index (χ3n) is 4.77. The number of nitrogens with one attached hydrogen (secondary N) is 1. The first-order chi connectivity index (χ1) is 12.0. The second kappa shape index (κ2) is 9.78. The molecule has 2 rings (SSSR count). The minimum atomic E-state index is -0.0652. The zero-order valence-electron chi connectivity index (χ0n) is 15.7. The molecule has 1 aliphatic heterocycles. The van der Waals surface area contributed by atoms with Crippen molar-refractivity contribution in [1.82, 2.24) is 10.2 Å². The molecule has 0 aromatic heterocycles. The minimum Gasteiger partial charge on any atom is -0.396 e. The van der Waals surface area contributed by atoms with Crippen molar-refractivity contribution in [2.24, 2.45) is 11.8 Å². The fourth-order valence-electron chi connectivity index (χ4n) is 3.47. The van der Waals surface area contributed by atoms with Gasteiger partial charge in [-0.25, -0.2) is 4.79 Å². The summed E-state index contributed by atoms with van der Waals surface area (Å²) in [5, 5.41) is 12.3. The number of rotatable bonds is 7. The maximum absolute atomic E-state index is 12.6. The van der Waals surface area contributed by atoms with Crippen molar-refractivity contribution in [3.05, 3.63) is 35.4 Å². The molecule has 2 N–H and O–H groups in total. The van der Waals surface area contributed by atoms with Crippen molar-refractivity contribution in [2.45, 2.75) is 39.7 Å². The van der Waals surface area contributed by atoms with E-state index in [4.69, 9.17) is 4.74 Å². The number of nitrogens with zero attached hydrogens (tertiary/aromatic N) is 1. The number of amides is 2. The summed E-state index contributed by atoms with van der Waals surface area (Å²) in [5.41, 5.74) is 2.34. The van der Waals surface area contributed by atoms with Crippen LogP contribution >= 0.6 is 0 Å². The smallest absolute Gasteiger partial charge is 0.317 e. The van der Waals surface area contributed by atoms with Crippen molar-refractivity contribution in [2.75, 3.05) is 32.8 Å². The molecular weight excluding hydrogens is 316 g/mol. The van der Waals surface area contributed by atoms with Crippen LogP contribution in [0.3, 0.4) is 0 Å². The molecule has 2 atom stereocenters. The van der Waals surface area contributed by atoms with Gasteiger partial charge in [0.15, 0.2) is 0 Å². The summed E-state index contributed by atoms with van der Waals surface area (Å²) in [7, 11) is 0. The van der Waals surface area contributed by atoms with E-state index in [-0.39, 0.29) is 18.7 Å². The van der Waals surface area contributed by atoms with E-state index in [9.17, 15) is 9.90 Å². The third-order valence-corrected chi connectivity index (χ3v) is 4.77. The van der Waals surface area contributed by atoms with Crippen LogP contribution in [0.1, 0.15) is 43.9 Å². The van der Waals surface area contributed by atoms with E-state index in [0.717, 1.165) is 18.4 Å². The highest BCUT2D eigenvalue weighted by Crippen LogP contribution is 2.25. The molecule has 0 radical (unpaired) electrons. The van der Waals surface area contributed by atoms with Gasteiger partial charge in [-0.2, -0.15) is 0 Å². The Hall–Kier alpha value is -1.59. The number of aliphatic hydroxyl groups is 1. The van der Waals surface area contributed by atoms with Crippen LogP contribution in [0.15, 0.2) is 24.3 Å². The number of hydrogen-bond acceptors (Lipinski definition) is 3. The Morgan fingerprint density at radius 2 is 2.16 bits per heavy atom. The van der Waals surface area contributed by atoms with Gasteiger partial charge in [0.25, 0.3) is 0 Å². The molecule has 25 heavy (non-hydrogen) atoms. The first-order valence-corrected chi connectivity index (χ1v) is 9.32.